The van der Waals surface area contributed by atoms with Crippen molar-refractivity contribution in [3.8, 4) is 5.75 Å². The van der Waals surface area contributed by atoms with Crippen molar-refractivity contribution in [3.63, 3.8) is 0 Å². The van der Waals surface area contributed by atoms with Crippen LogP contribution in [0.25, 0.3) is 0 Å². The molecule has 0 spiro atoms. The van der Waals surface area contributed by atoms with E-state index >= 15 is 0 Å². The molecule has 0 radical (unpaired) electrons. The van der Waals surface area contributed by atoms with Gasteiger partial charge in [-0.15, -0.1) is 11.8 Å². The summed E-state index contributed by atoms with van der Waals surface area (Å²) in [6, 6.07) is 38.4. The normalized spacial score (nSPS) is 21.9. The van der Waals surface area contributed by atoms with Gasteiger partial charge in [-0.1, -0.05) is 103 Å². The second-order valence-electron chi connectivity index (χ2n) is 10.4. The van der Waals surface area contributed by atoms with E-state index in [-0.39, 0.29) is 17.6 Å². The first-order chi connectivity index (χ1) is 21.2. The Bertz CT molecular complexity index is 1320. The van der Waals surface area contributed by atoms with Gasteiger partial charge >= 0.3 is 0 Å². The molecule has 7 heteroatoms. The Hall–Kier alpha value is -3.17. The van der Waals surface area contributed by atoms with Crippen molar-refractivity contribution in [3.05, 3.63) is 138 Å². The highest BCUT2D eigenvalue weighted by Gasteiger charge is 2.48. The minimum Gasteiger partial charge on any atom is -0.497 e. The number of hydrogen-bond acceptors (Lipinski definition) is 7. The molecule has 5 rings (SSSR count). The Morgan fingerprint density at radius 3 is 1.53 bits per heavy atom. The molecule has 4 aromatic rings. The molecule has 0 saturated carbocycles. The molecule has 1 aliphatic rings. The van der Waals surface area contributed by atoms with Crippen LogP contribution in [0.15, 0.2) is 115 Å². The Kier molecular flexibility index (Phi) is 12.1. The van der Waals surface area contributed by atoms with Crippen molar-refractivity contribution in [1.29, 1.82) is 0 Å². The number of thioether (sulfide) groups is 1. The predicted octanol–water partition coefficient (Wildman–Crippen LogP) is 7.06. The van der Waals surface area contributed by atoms with Crippen molar-refractivity contribution in [2.75, 3.05) is 20.0 Å². The molecule has 0 aromatic heterocycles. The molecule has 0 N–H and O–H groups in total. The van der Waals surface area contributed by atoms with Crippen LogP contribution < -0.4 is 4.74 Å². The molecule has 1 heterocycles. The third kappa shape index (κ3) is 9.16. The van der Waals surface area contributed by atoms with E-state index in [4.69, 9.17) is 28.4 Å². The van der Waals surface area contributed by atoms with Crippen LogP contribution in [0.3, 0.4) is 0 Å². The SMILES string of the molecule is COc1ccc(CO[C@@H]2[C@@H](OCc3ccccc3)[C@@H](OCc3ccccc3)[C@@H](COCc3ccccc3)O[C@@H]2SC)cc1. The van der Waals surface area contributed by atoms with Crippen LogP contribution in [0.1, 0.15) is 22.3 Å². The summed E-state index contributed by atoms with van der Waals surface area (Å²) in [5.74, 6) is 0.809. The van der Waals surface area contributed by atoms with Crippen LogP contribution in [0.4, 0.5) is 0 Å². The smallest absolute Gasteiger partial charge is 0.132 e. The van der Waals surface area contributed by atoms with Crippen molar-refractivity contribution >= 4 is 11.8 Å². The van der Waals surface area contributed by atoms with Gasteiger partial charge in [0, 0.05) is 0 Å². The van der Waals surface area contributed by atoms with Crippen LogP contribution in [-0.2, 0) is 50.1 Å². The fourth-order valence-corrected chi connectivity index (χ4v) is 5.84. The lowest BCUT2D eigenvalue weighted by molar-refractivity contribution is -0.254. The van der Waals surface area contributed by atoms with Crippen molar-refractivity contribution in [2.24, 2.45) is 0 Å². The summed E-state index contributed by atoms with van der Waals surface area (Å²) in [6.07, 6.45) is 0.469. The highest BCUT2D eigenvalue weighted by molar-refractivity contribution is 7.99. The molecule has 0 bridgehead atoms. The van der Waals surface area contributed by atoms with E-state index in [1.807, 2.05) is 85.1 Å². The summed E-state index contributed by atoms with van der Waals surface area (Å²) in [4.78, 5) is 0. The molecule has 0 amide bonds. The molecule has 1 fully saturated rings. The van der Waals surface area contributed by atoms with Gasteiger partial charge in [-0.25, -0.2) is 0 Å². The number of rotatable bonds is 15. The van der Waals surface area contributed by atoms with Crippen molar-refractivity contribution in [1.82, 2.24) is 0 Å². The van der Waals surface area contributed by atoms with Crippen molar-refractivity contribution < 1.29 is 28.4 Å². The maximum Gasteiger partial charge on any atom is 0.132 e. The lowest BCUT2D eigenvalue weighted by Gasteiger charge is -2.45. The lowest BCUT2D eigenvalue weighted by atomic mass is 9.98. The van der Waals surface area contributed by atoms with E-state index < -0.39 is 12.2 Å². The quantitative estimate of drug-likeness (QED) is 0.145. The molecule has 1 saturated heterocycles. The first kappa shape index (κ1) is 31.3. The summed E-state index contributed by atoms with van der Waals surface area (Å²) in [6.45, 7) is 2.10. The molecular weight excluding hydrogens is 560 g/mol. The summed E-state index contributed by atoms with van der Waals surface area (Å²) in [5.41, 5.74) is 4.04. The Balaban J connectivity index is 1.38. The van der Waals surface area contributed by atoms with E-state index in [1.54, 1.807) is 18.9 Å². The third-order valence-electron chi connectivity index (χ3n) is 7.39. The summed E-state index contributed by atoms with van der Waals surface area (Å²) in [5, 5.41) is 0. The van der Waals surface area contributed by atoms with Gasteiger partial charge in [-0.05, 0) is 40.6 Å². The molecule has 0 unspecified atom stereocenters. The molecule has 1 aliphatic heterocycles. The van der Waals surface area contributed by atoms with Gasteiger partial charge in [0.2, 0.25) is 0 Å². The fraction of sp³-hybridized carbons (Fsp3) is 0.333. The Morgan fingerprint density at radius 2 is 1.02 bits per heavy atom. The molecule has 6 nitrogen and oxygen atoms in total. The first-order valence-electron chi connectivity index (χ1n) is 14.6. The summed E-state index contributed by atoms with van der Waals surface area (Å²) in [7, 11) is 1.66. The van der Waals surface area contributed by atoms with Crippen LogP contribution in [-0.4, -0.2) is 49.8 Å². The van der Waals surface area contributed by atoms with Gasteiger partial charge in [0.15, 0.2) is 0 Å². The minimum atomic E-state index is -0.427. The topological polar surface area (TPSA) is 55.4 Å². The highest BCUT2D eigenvalue weighted by Crippen LogP contribution is 2.34. The Morgan fingerprint density at radius 1 is 0.558 bits per heavy atom. The second kappa shape index (κ2) is 16.6. The molecule has 0 aliphatic carbocycles. The standard InChI is InChI=1S/C36H40O6S/c1-37-31-20-18-30(19-21-31)25-41-35-34(40-24-29-16-10-5-11-17-29)33(39-23-28-14-8-4-9-15-28)32(42-36(35)43-2)26-38-22-27-12-6-3-7-13-27/h3-21,32-36H,22-26H2,1-2H3/t32-,33+,34+,35-,36-/m1/s1. The average Bonchev–Trinajstić information content (AvgIpc) is 3.07. The van der Waals surface area contributed by atoms with Crippen LogP contribution in [0.5, 0.6) is 5.75 Å². The molecule has 226 valence electrons. The maximum absolute atomic E-state index is 6.72. The van der Waals surface area contributed by atoms with E-state index in [2.05, 4.69) is 36.4 Å². The minimum absolute atomic E-state index is 0.277. The van der Waals surface area contributed by atoms with Crippen LogP contribution in [0.2, 0.25) is 0 Å². The van der Waals surface area contributed by atoms with Gasteiger partial charge in [0.1, 0.15) is 35.6 Å². The van der Waals surface area contributed by atoms with Crippen molar-refractivity contribution in [2.45, 2.75) is 56.3 Å². The van der Waals surface area contributed by atoms with Gasteiger partial charge in [0.05, 0.1) is 40.1 Å². The second-order valence-corrected chi connectivity index (χ2v) is 11.4. The number of benzene rings is 4. The fourth-order valence-electron chi connectivity index (χ4n) is 5.08. The van der Waals surface area contributed by atoms with Gasteiger partial charge in [0.25, 0.3) is 0 Å². The number of methoxy groups -OCH3 is 1. The van der Waals surface area contributed by atoms with E-state index in [1.165, 1.54) is 0 Å². The largest absolute Gasteiger partial charge is 0.497 e. The van der Waals surface area contributed by atoms with E-state index in [0.717, 1.165) is 28.0 Å². The summed E-state index contributed by atoms with van der Waals surface area (Å²) >= 11 is 1.61. The molecular formula is C36H40O6S. The third-order valence-corrected chi connectivity index (χ3v) is 8.23. The number of ether oxygens (including phenoxy) is 6. The average molecular weight is 601 g/mol. The van der Waals surface area contributed by atoms with E-state index in [9.17, 15) is 0 Å². The number of hydrogen-bond donors (Lipinski definition) is 0. The molecule has 5 atom stereocenters. The highest BCUT2D eigenvalue weighted by atomic mass is 32.2. The van der Waals surface area contributed by atoms with E-state index in [0.29, 0.717) is 33.0 Å². The predicted molar refractivity (Wildman–Crippen MR) is 170 cm³/mol. The van der Waals surface area contributed by atoms with Crippen LogP contribution >= 0.6 is 11.8 Å². The molecule has 43 heavy (non-hydrogen) atoms. The van der Waals surface area contributed by atoms with Gasteiger partial charge in [-0.3, -0.25) is 0 Å². The van der Waals surface area contributed by atoms with Crippen LogP contribution in [0, 0.1) is 0 Å². The molecule has 4 aromatic carbocycles. The summed E-state index contributed by atoms with van der Waals surface area (Å²) < 4.78 is 38.2. The lowest BCUT2D eigenvalue weighted by Crippen LogP contribution is -2.60. The zero-order valence-electron chi connectivity index (χ0n) is 24.7. The monoisotopic (exact) mass is 600 g/mol. The Labute approximate surface area is 259 Å². The van der Waals surface area contributed by atoms with Gasteiger partial charge in [-0.2, -0.15) is 0 Å². The maximum atomic E-state index is 6.72. The zero-order valence-corrected chi connectivity index (χ0v) is 25.6. The zero-order chi connectivity index (χ0) is 29.7. The first-order valence-corrected chi connectivity index (χ1v) is 15.9. The van der Waals surface area contributed by atoms with Gasteiger partial charge < -0.3 is 28.4 Å².